The summed E-state index contributed by atoms with van der Waals surface area (Å²) >= 11 is 0. The Balaban J connectivity index is 2.01. The number of benzene rings is 1. The zero-order chi connectivity index (χ0) is 13.0. The molecule has 1 heterocycles. The maximum absolute atomic E-state index is 10.7. The summed E-state index contributed by atoms with van der Waals surface area (Å²) in [5.41, 5.74) is 2.62. The van der Waals surface area contributed by atoms with E-state index in [-0.39, 0.29) is 6.04 Å². The van der Waals surface area contributed by atoms with Crippen molar-refractivity contribution in [1.29, 1.82) is 0 Å². The number of nitrogens with one attached hydrogen (secondary N) is 2. The third kappa shape index (κ3) is 3.23. The van der Waals surface area contributed by atoms with Crippen molar-refractivity contribution in [3.63, 3.8) is 0 Å². The van der Waals surface area contributed by atoms with Crippen LogP contribution in [0.15, 0.2) is 24.3 Å². The van der Waals surface area contributed by atoms with Crippen LogP contribution in [0.25, 0.3) is 0 Å². The van der Waals surface area contributed by atoms with Crippen LogP contribution in [-0.4, -0.2) is 30.3 Å². The molecule has 98 valence electrons. The first-order chi connectivity index (χ1) is 8.69. The topological polar surface area (TPSA) is 61.4 Å². The third-order valence-electron chi connectivity index (χ3n) is 3.54. The van der Waals surface area contributed by atoms with Gasteiger partial charge in [0.25, 0.3) is 0 Å². The highest BCUT2D eigenvalue weighted by Crippen LogP contribution is 2.23. The predicted octanol–water partition coefficient (Wildman–Crippen LogP) is 1.96. The number of piperidine rings is 1. The van der Waals surface area contributed by atoms with E-state index in [9.17, 15) is 4.79 Å². The predicted molar refractivity (Wildman–Crippen MR) is 71.0 cm³/mol. The fourth-order valence-electron chi connectivity index (χ4n) is 2.51. The molecule has 2 rings (SSSR count). The summed E-state index contributed by atoms with van der Waals surface area (Å²) in [7, 11) is 0. The molecule has 1 aromatic carbocycles. The van der Waals surface area contributed by atoms with Gasteiger partial charge in [-0.1, -0.05) is 31.2 Å². The Morgan fingerprint density at radius 2 is 2.11 bits per heavy atom. The van der Waals surface area contributed by atoms with Crippen LogP contribution in [0.4, 0.5) is 4.79 Å². The van der Waals surface area contributed by atoms with Gasteiger partial charge in [0.05, 0.1) is 0 Å². The molecule has 0 radical (unpaired) electrons. The molecule has 0 aliphatic carbocycles. The third-order valence-corrected chi connectivity index (χ3v) is 3.54. The minimum absolute atomic E-state index is 0.00658. The van der Waals surface area contributed by atoms with Crippen molar-refractivity contribution >= 4 is 6.09 Å². The summed E-state index contributed by atoms with van der Waals surface area (Å²) in [5, 5.41) is 14.6. The fraction of sp³-hybridized carbons (Fsp3) is 0.500. The van der Waals surface area contributed by atoms with Crippen LogP contribution in [0.1, 0.15) is 30.4 Å². The summed E-state index contributed by atoms with van der Waals surface area (Å²) in [6, 6.07) is 8.64. The van der Waals surface area contributed by atoms with E-state index in [0.717, 1.165) is 25.9 Å². The molecular weight excluding hydrogens is 228 g/mol. The van der Waals surface area contributed by atoms with Gasteiger partial charge in [-0.3, -0.25) is 0 Å². The Kier molecular flexibility index (Phi) is 4.20. The van der Waals surface area contributed by atoms with E-state index in [0.29, 0.717) is 5.92 Å². The minimum Gasteiger partial charge on any atom is -0.465 e. The van der Waals surface area contributed by atoms with E-state index in [2.05, 4.69) is 41.8 Å². The summed E-state index contributed by atoms with van der Waals surface area (Å²) in [4.78, 5) is 10.7. The highest BCUT2D eigenvalue weighted by Gasteiger charge is 2.23. The molecule has 2 atom stereocenters. The zero-order valence-corrected chi connectivity index (χ0v) is 10.6. The van der Waals surface area contributed by atoms with Gasteiger partial charge in [-0.05, 0) is 29.9 Å². The maximum atomic E-state index is 10.7. The van der Waals surface area contributed by atoms with Crippen molar-refractivity contribution in [2.45, 2.75) is 31.7 Å². The van der Waals surface area contributed by atoms with Gasteiger partial charge in [0.15, 0.2) is 0 Å². The van der Waals surface area contributed by atoms with E-state index >= 15 is 0 Å². The number of carbonyl (C=O) groups is 1. The smallest absolute Gasteiger partial charge is 0.404 e. The lowest BCUT2D eigenvalue weighted by Gasteiger charge is -2.30. The van der Waals surface area contributed by atoms with Crippen LogP contribution in [-0.2, 0) is 6.42 Å². The van der Waals surface area contributed by atoms with Gasteiger partial charge in [-0.15, -0.1) is 0 Å². The quantitative estimate of drug-likeness (QED) is 0.766. The van der Waals surface area contributed by atoms with Crippen molar-refractivity contribution < 1.29 is 9.90 Å². The second-order valence-electron chi connectivity index (χ2n) is 4.83. The van der Waals surface area contributed by atoms with Gasteiger partial charge < -0.3 is 15.7 Å². The molecule has 4 nitrogen and oxygen atoms in total. The first-order valence-electron chi connectivity index (χ1n) is 6.48. The average Bonchev–Trinajstić information content (AvgIpc) is 2.38. The average molecular weight is 248 g/mol. The highest BCUT2D eigenvalue weighted by molar-refractivity contribution is 5.64. The van der Waals surface area contributed by atoms with E-state index in [4.69, 9.17) is 5.11 Å². The first kappa shape index (κ1) is 12.9. The molecule has 1 aliphatic rings. The molecule has 18 heavy (non-hydrogen) atoms. The van der Waals surface area contributed by atoms with Crippen molar-refractivity contribution in [3.05, 3.63) is 35.4 Å². The van der Waals surface area contributed by atoms with Crippen LogP contribution >= 0.6 is 0 Å². The largest absolute Gasteiger partial charge is 0.465 e. The van der Waals surface area contributed by atoms with Gasteiger partial charge in [-0.25, -0.2) is 4.79 Å². The number of aryl methyl sites for hydroxylation is 1. The van der Waals surface area contributed by atoms with E-state index in [1.165, 1.54) is 11.1 Å². The molecule has 3 N–H and O–H groups in total. The molecule has 0 bridgehead atoms. The van der Waals surface area contributed by atoms with Gasteiger partial charge in [0.2, 0.25) is 0 Å². The Labute approximate surface area is 107 Å². The van der Waals surface area contributed by atoms with Crippen LogP contribution in [0.2, 0.25) is 0 Å². The summed E-state index contributed by atoms with van der Waals surface area (Å²) in [5.74, 6) is 0.390. The Hall–Kier alpha value is -1.55. The molecule has 0 spiro atoms. The molecule has 1 amide bonds. The number of rotatable bonds is 3. The second-order valence-corrected chi connectivity index (χ2v) is 4.83. The maximum Gasteiger partial charge on any atom is 0.404 e. The van der Waals surface area contributed by atoms with Crippen LogP contribution < -0.4 is 10.6 Å². The van der Waals surface area contributed by atoms with Crippen LogP contribution in [0, 0.1) is 0 Å². The van der Waals surface area contributed by atoms with E-state index < -0.39 is 6.09 Å². The number of carboxylic acid groups (broad SMARTS) is 1. The Bertz CT molecular complexity index is 403. The lowest BCUT2D eigenvalue weighted by molar-refractivity contribution is 0.186. The molecule has 4 heteroatoms. The molecule has 1 fully saturated rings. The summed E-state index contributed by atoms with van der Waals surface area (Å²) in [6.07, 6.45) is 0.973. The highest BCUT2D eigenvalue weighted by atomic mass is 16.4. The first-order valence-corrected chi connectivity index (χ1v) is 6.48. The minimum atomic E-state index is -0.941. The molecule has 0 saturated carbocycles. The van der Waals surface area contributed by atoms with E-state index in [1.807, 2.05) is 0 Å². The van der Waals surface area contributed by atoms with Crippen LogP contribution in [0.5, 0.6) is 0 Å². The second kappa shape index (κ2) is 5.87. The number of hydrogen-bond donors (Lipinski definition) is 3. The number of amides is 1. The molecular formula is C14H20N2O2. The summed E-state index contributed by atoms with van der Waals surface area (Å²) in [6.45, 7) is 3.78. The van der Waals surface area contributed by atoms with Gasteiger partial charge >= 0.3 is 6.09 Å². The SMILES string of the molecule is CCc1ccc(C2CNCC(NC(=O)O)C2)cc1. The summed E-state index contributed by atoms with van der Waals surface area (Å²) < 4.78 is 0. The van der Waals surface area contributed by atoms with Crippen molar-refractivity contribution in [1.82, 2.24) is 10.6 Å². The van der Waals surface area contributed by atoms with Crippen molar-refractivity contribution in [2.75, 3.05) is 13.1 Å². The monoisotopic (exact) mass is 248 g/mol. The Morgan fingerprint density at radius 3 is 2.72 bits per heavy atom. The van der Waals surface area contributed by atoms with E-state index in [1.54, 1.807) is 0 Å². The van der Waals surface area contributed by atoms with Gasteiger partial charge in [0, 0.05) is 19.1 Å². The van der Waals surface area contributed by atoms with Gasteiger partial charge in [0.1, 0.15) is 0 Å². The molecule has 1 aromatic rings. The van der Waals surface area contributed by atoms with Crippen molar-refractivity contribution in [2.24, 2.45) is 0 Å². The van der Waals surface area contributed by atoms with Crippen LogP contribution in [0.3, 0.4) is 0 Å². The molecule has 2 unspecified atom stereocenters. The zero-order valence-electron chi connectivity index (χ0n) is 10.6. The van der Waals surface area contributed by atoms with Gasteiger partial charge in [-0.2, -0.15) is 0 Å². The molecule has 1 aliphatic heterocycles. The standard InChI is InChI=1S/C14H20N2O2/c1-2-10-3-5-11(6-4-10)12-7-13(9-15-8-12)16-14(17)18/h3-6,12-13,15-16H,2,7-9H2,1H3,(H,17,18). The molecule has 0 aromatic heterocycles. The number of hydrogen-bond acceptors (Lipinski definition) is 2. The normalized spacial score (nSPS) is 23.6. The Morgan fingerprint density at radius 1 is 1.39 bits per heavy atom. The molecule has 1 saturated heterocycles. The fourth-order valence-corrected chi connectivity index (χ4v) is 2.51. The lowest BCUT2D eigenvalue weighted by Crippen LogP contribution is -2.47. The lowest BCUT2D eigenvalue weighted by atomic mass is 9.88. The van der Waals surface area contributed by atoms with Crippen molar-refractivity contribution in [3.8, 4) is 0 Å².